The summed E-state index contributed by atoms with van der Waals surface area (Å²) >= 11 is 0.924. The van der Waals surface area contributed by atoms with Crippen LogP contribution in [0.1, 0.15) is 27.8 Å². The largest absolute Gasteiger partial charge is 0.573 e. The molecule has 39 heavy (non-hydrogen) atoms. The zero-order chi connectivity index (χ0) is 27.6. The molecule has 2 N–H and O–H groups in total. The van der Waals surface area contributed by atoms with E-state index in [1.165, 1.54) is 24.3 Å². The summed E-state index contributed by atoms with van der Waals surface area (Å²) in [6, 6.07) is 16.8. The maximum Gasteiger partial charge on any atom is 0.573 e. The lowest BCUT2D eigenvalue weighted by atomic mass is 9.87. The Kier molecular flexibility index (Phi) is 7.34. The fraction of sp³-hybridized carbons (Fsp3) is 0.179. The molecule has 200 valence electrons. The number of urea groups is 1. The predicted molar refractivity (Wildman–Crippen MR) is 145 cm³/mol. The summed E-state index contributed by atoms with van der Waals surface area (Å²) in [4.78, 5) is 12.2. The normalized spacial score (nSPS) is 12.6. The smallest absolute Gasteiger partial charge is 0.406 e. The second-order valence-electron chi connectivity index (χ2n) is 9.03. The first-order valence-corrected chi connectivity index (χ1v) is 12.8. The molecule has 1 heterocycles. The van der Waals surface area contributed by atoms with E-state index in [0.717, 1.165) is 57.6 Å². The summed E-state index contributed by atoms with van der Waals surface area (Å²) in [6.07, 6.45) is -1.68. The van der Waals surface area contributed by atoms with E-state index in [2.05, 4.69) is 24.3 Å². The summed E-state index contributed by atoms with van der Waals surface area (Å²) in [5.74, 6) is 0.232. The number of hydrogen-bond acceptors (Lipinski definition) is 6. The van der Waals surface area contributed by atoms with Crippen molar-refractivity contribution < 1.29 is 27.2 Å². The van der Waals surface area contributed by atoms with Crippen LogP contribution in [0, 0.1) is 13.8 Å². The number of hydrogen-bond donors (Lipinski definition) is 2. The molecule has 2 amide bonds. The number of benzene rings is 3. The molecule has 0 saturated heterocycles. The topological polar surface area (TPSA) is 88.8 Å². The van der Waals surface area contributed by atoms with Crippen LogP contribution in [-0.2, 0) is 12.8 Å². The Labute approximate surface area is 226 Å². The number of aromatic nitrogens is 1. The van der Waals surface area contributed by atoms with Crippen LogP contribution >= 0.6 is 12.1 Å². The van der Waals surface area contributed by atoms with Crippen molar-refractivity contribution in [2.24, 2.45) is 4.40 Å². The van der Waals surface area contributed by atoms with Crippen LogP contribution in [0.4, 0.5) is 23.7 Å². The number of amides is 2. The van der Waals surface area contributed by atoms with Gasteiger partial charge in [-0.15, -0.1) is 13.2 Å². The Balaban J connectivity index is 1.22. The number of fused-ring (bicyclic) bond motifs is 3. The van der Waals surface area contributed by atoms with Gasteiger partial charge in [0.1, 0.15) is 11.4 Å². The summed E-state index contributed by atoms with van der Waals surface area (Å²) in [7, 11) is 0. The lowest BCUT2D eigenvalue weighted by molar-refractivity contribution is -0.274. The minimum atomic E-state index is -4.75. The van der Waals surface area contributed by atoms with Crippen molar-refractivity contribution in [1.82, 2.24) is 9.88 Å². The van der Waals surface area contributed by atoms with Crippen molar-refractivity contribution in [3.8, 4) is 28.3 Å². The molecule has 7 nitrogen and oxygen atoms in total. The van der Waals surface area contributed by atoms with Crippen molar-refractivity contribution >= 4 is 30.1 Å². The van der Waals surface area contributed by atoms with E-state index in [1.807, 2.05) is 50.2 Å². The van der Waals surface area contributed by atoms with E-state index in [0.29, 0.717) is 23.4 Å². The molecule has 1 aromatic heterocycles. The van der Waals surface area contributed by atoms with Gasteiger partial charge in [0.05, 0.1) is 12.1 Å². The molecular formula is C28H23F3N4O3S. The van der Waals surface area contributed by atoms with Gasteiger partial charge in [-0.1, -0.05) is 35.0 Å². The Morgan fingerprint density at radius 2 is 1.87 bits per heavy atom. The molecule has 4 aromatic rings. The molecule has 0 bridgehead atoms. The molecule has 0 unspecified atom stereocenters. The molecule has 3 aromatic carbocycles. The molecule has 0 radical (unpaired) electrons. The number of carbonyl (C=O) groups is 1. The van der Waals surface area contributed by atoms with Gasteiger partial charge < -0.3 is 14.6 Å². The average Bonchev–Trinajstić information content (AvgIpc) is 3.32. The van der Waals surface area contributed by atoms with Crippen molar-refractivity contribution in [2.45, 2.75) is 33.1 Å². The summed E-state index contributed by atoms with van der Waals surface area (Å²) in [5, 5.41) is 7.05. The van der Waals surface area contributed by atoms with Gasteiger partial charge in [-0.25, -0.2) is 9.19 Å². The van der Waals surface area contributed by atoms with E-state index in [4.69, 9.17) is 4.52 Å². The molecule has 0 saturated carbocycles. The Morgan fingerprint density at radius 1 is 1.08 bits per heavy atom. The third-order valence-electron chi connectivity index (χ3n) is 6.19. The van der Waals surface area contributed by atoms with Crippen LogP contribution in [0.15, 0.2) is 69.6 Å². The molecule has 0 aliphatic heterocycles. The molecular weight excluding hydrogens is 529 g/mol. The van der Waals surface area contributed by atoms with Gasteiger partial charge in [-0.3, -0.25) is 4.72 Å². The lowest BCUT2D eigenvalue weighted by Crippen LogP contribution is -2.22. The van der Waals surface area contributed by atoms with Gasteiger partial charge in [0, 0.05) is 28.6 Å². The fourth-order valence-electron chi connectivity index (χ4n) is 4.44. The lowest BCUT2D eigenvalue weighted by Gasteiger charge is -2.15. The van der Waals surface area contributed by atoms with Crippen LogP contribution in [0.25, 0.3) is 22.6 Å². The Morgan fingerprint density at radius 3 is 2.62 bits per heavy atom. The summed E-state index contributed by atoms with van der Waals surface area (Å²) in [5.41, 5.74) is 7.94. The monoisotopic (exact) mass is 552 g/mol. The quantitative estimate of drug-likeness (QED) is 0.192. The van der Waals surface area contributed by atoms with Crippen molar-refractivity contribution in [2.75, 3.05) is 5.32 Å². The fourth-order valence-corrected chi connectivity index (χ4v) is 4.80. The Bertz CT molecular complexity index is 1550. The van der Waals surface area contributed by atoms with E-state index in [1.54, 1.807) is 6.21 Å². The number of ether oxygens (including phenoxy) is 1. The van der Waals surface area contributed by atoms with E-state index >= 15 is 0 Å². The minimum Gasteiger partial charge on any atom is -0.406 e. The van der Waals surface area contributed by atoms with Gasteiger partial charge in [-0.05, 0) is 79.8 Å². The average molecular weight is 553 g/mol. The van der Waals surface area contributed by atoms with Gasteiger partial charge in [0.25, 0.3) is 0 Å². The highest BCUT2D eigenvalue weighted by molar-refractivity contribution is 7.96. The summed E-state index contributed by atoms with van der Waals surface area (Å²) < 4.78 is 53.7. The predicted octanol–water partition coefficient (Wildman–Crippen LogP) is 7.43. The van der Waals surface area contributed by atoms with Crippen molar-refractivity contribution in [1.29, 1.82) is 0 Å². The standard InChI is InChI=1S/C28H23F3N4O3S/c1-16-3-12-24(17(2)13-16)33-27(36)35-39-32-15-18-4-10-22-20(14-18)7-11-23-25(22)34-38-26(23)19-5-8-21(9-6-19)37-28(29,30)31/h3-6,8-10,12-15H,7,11H2,1-2H3,(H2,33,35,36). The number of halogens is 3. The number of aryl methyl sites for hydroxylation is 3. The number of anilines is 1. The first-order chi connectivity index (χ1) is 18.7. The number of carbonyl (C=O) groups excluding carboxylic acids is 1. The number of nitrogens with one attached hydrogen (secondary N) is 2. The molecule has 1 aliphatic carbocycles. The van der Waals surface area contributed by atoms with Crippen LogP contribution < -0.4 is 14.8 Å². The first-order valence-electron chi connectivity index (χ1n) is 12.0. The SMILES string of the molecule is Cc1ccc(NC(=O)NSN=Cc2ccc3c(c2)CCc2c-3noc2-c2ccc(OC(F)(F)F)cc2)c(C)c1. The van der Waals surface area contributed by atoms with Gasteiger partial charge in [0.15, 0.2) is 5.76 Å². The maximum atomic E-state index is 12.4. The summed E-state index contributed by atoms with van der Waals surface area (Å²) in [6.45, 7) is 3.92. The highest BCUT2D eigenvalue weighted by atomic mass is 32.2. The van der Waals surface area contributed by atoms with E-state index in [-0.39, 0.29) is 11.8 Å². The number of nitrogens with zero attached hydrogens (tertiary/aromatic N) is 2. The molecule has 5 rings (SSSR count). The number of rotatable bonds is 6. The molecule has 0 fully saturated rings. The van der Waals surface area contributed by atoms with Gasteiger partial charge >= 0.3 is 12.4 Å². The maximum absolute atomic E-state index is 12.4. The van der Waals surface area contributed by atoms with Crippen molar-refractivity contribution in [3.05, 3.63) is 88.5 Å². The third kappa shape index (κ3) is 6.26. The molecule has 0 atom stereocenters. The second kappa shape index (κ2) is 10.9. The van der Waals surface area contributed by atoms with E-state index in [9.17, 15) is 18.0 Å². The third-order valence-corrected chi connectivity index (χ3v) is 6.68. The minimum absolute atomic E-state index is 0.297. The van der Waals surface area contributed by atoms with Crippen LogP contribution in [0.5, 0.6) is 5.75 Å². The molecule has 11 heteroatoms. The zero-order valence-electron chi connectivity index (χ0n) is 20.9. The highest BCUT2D eigenvalue weighted by Crippen LogP contribution is 2.39. The molecule has 0 spiro atoms. The van der Waals surface area contributed by atoms with Crippen molar-refractivity contribution in [3.63, 3.8) is 0 Å². The van der Waals surface area contributed by atoms with Crippen LogP contribution in [0.3, 0.4) is 0 Å². The second-order valence-corrected chi connectivity index (χ2v) is 9.63. The van der Waals surface area contributed by atoms with Gasteiger partial charge in [-0.2, -0.15) is 0 Å². The van der Waals surface area contributed by atoms with Crippen LogP contribution in [0.2, 0.25) is 0 Å². The van der Waals surface area contributed by atoms with Crippen LogP contribution in [-0.4, -0.2) is 23.8 Å². The van der Waals surface area contributed by atoms with E-state index < -0.39 is 6.36 Å². The highest BCUT2D eigenvalue weighted by Gasteiger charge is 2.31. The first kappa shape index (κ1) is 26.4. The number of alkyl halides is 3. The Hall–Kier alpha value is -4.25. The molecule has 1 aliphatic rings. The zero-order valence-corrected chi connectivity index (χ0v) is 21.7. The van der Waals surface area contributed by atoms with Gasteiger partial charge in [0.2, 0.25) is 0 Å².